The molecule has 5 nitrogen and oxygen atoms in total. The zero-order chi connectivity index (χ0) is 17.6. The van der Waals surface area contributed by atoms with Gasteiger partial charge in [0.1, 0.15) is 0 Å². The molecule has 1 fully saturated rings. The van der Waals surface area contributed by atoms with Crippen LogP contribution < -0.4 is 11.0 Å². The first-order chi connectivity index (χ1) is 12.0. The molecule has 1 aliphatic carbocycles. The number of aromatic nitrogens is 2. The molecule has 3 aromatic rings. The van der Waals surface area contributed by atoms with Crippen LogP contribution in [-0.2, 0) is 18.9 Å². The largest absolute Gasteiger partial charge is 0.328 e. The molecule has 0 spiro atoms. The minimum absolute atomic E-state index is 0.0650. The number of imidazole rings is 1. The van der Waals surface area contributed by atoms with Gasteiger partial charge in [0.05, 0.1) is 16.7 Å². The SMILES string of the molecule is Cn1c(=O)n(C)c2cc(Sc3ccccc3)c(NC(=O)C3CC3)cc21. The first-order valence-corrected chi connectivity index (χ1v) is 9.09. The Hall–Kier alpha value is -2.47. The zero-order valence-electron chi connectivity index (χ0n) is 14.2. The van der Waals surface area contributed by atoms with Crippen molar-refractivity contribution >= 4 is 34.4 Å². The Morgan fingerprint density at radius 3 is 2.36 bits per heavy atom. The number of benzene rings is 2. The highest BCUT2D eigenvalue weighted by Crippen LogP contribution is 2.38. The van der Waals surface area contributed by atoms with E-state index in [1.807, 2.05) is 42.5 Å². The average Bonchev–Trinajstić information content (AvgIpc) is 3.44. The van der Waals surface area contributed by atoms with Gasteiger partial charge in [-0.3, -0.25) is 13.9 Å². The van der Waals surface area contributed by atoms with Crippen LogP contribution in [0, 0.1) is 5.92 Å². The van der Waals surface area contributed by atoms with Crippen molar-refractivity contribution in [3.8, 4) is 0 Å². The monoisotopic (exact) mass is 353 g/mol. The Labute approximate surface area is 149 Å². The topological polar surface area (TPSA) is 56.0 Å². The molecule has 0 unspecified atom stereocenters. The normalized spacial score (nSPS) is 14.0. The fraction of sp³-hybridized carbons (Fsp3) is 0.263. The minimum atomic E-state index is -0.0728. The summed E-state index contributed by atoms with van der Waals surface area (Å²) in [7, 11) is 3.52. The second kappa shape index (κ2) is 6.11. The van der Waals surface area contributed by atoms with Gasteiger partial charge in [0, 0.05) is 29.8 Å². The predicted octanol–water partition coefficient (Wildman–Crippen LogP) is 3.38. The lowest BCUT2D eigenvalue weighted by atomic mass is 10.2. The van der Waals surface area contributed by atoms with Crippen LogP contribution in [0.4, 0.5) is 5.69 Å². The summed E-state index contributed by atoms with van der Waals surface area (Å²) < 4.78 is 3.25. The second-order valence-corrected chi connectivity index (χ2v) is 7.53. The molecule has 0 radical (unpaired) electrons. The second-order valence-electron chi connectivity index (χ2n) is 6.42. The summed E-state index contributed by atoms with van der Waals surface area (Å²) in [5, 5.41) is 3.06. The summed E-state index contributed by atoms with van der Waals surface area (Å²) in [5.41, 5.74) is 2.36. The Bertz CT molecular complexity index is 1020. The predicted molar refractivity (Wildman–Crippen MR) is 100 cm³/mol. The number of carbonyl (C=O) groups excluding carboxylic acids is 1. The van der Waals surface area contributed by atoms with Crippen LogP contribution in [0.3, 0.4) is 0 Å². The van der Waals surface area contributed by atoms with Gasteiger partial charge in [0.25, 0.3) is 0 Å². The van der Waals surface area contributed by atoms with Crippen LogP contribution in [-0.4, -0.2) is 15.0 Å². The third kappa shape index (κ3) is 2.98. The number of nitrogens with zero attached hydrogens (tertiary/aromatic N) is 2. The molecule has 25 heavy (non-hydrogen) atoms. The molecule has 1 amide bonds. The molecule has 4 rings (SSSR count). The van der Waals surface area contributed by atoms with Gasteiger partial charge in [-0.05, 0) is 37.1 Å². The fourth-order valence-corrected chi connectivity index (χ4v) is 3.84. The van der Waals surface area contributed by atoms with Crippen LogP contribution >= 0.6 is 11.8 Å². The van der Waals surface area contributed by atoms with E-state index in [1.165, 1.54) is 0 Å². The van der Waals surface area contributed by atoms with Crippen molar-refractivity contribution < 1.29 is 4.79 Å². The third-order valence-corrected chi connectivity index (χ3v) is 5.62. The molecule has 1 saturated carbocycles. The maximum atomic E-state index is 12.3. The van der Waals surface area contributed by atoms with E-state index >= 15 is 0 Å². The molecule has 2 aromatic carbocycles. The third-order valence-electron chi connectivity index (χ3n) is 4.55. The van der Waals surface area contributed by atoms with E-state index in [4.69, 9.17) is 0 Å². The van der Waals surface area contributed by atoms with Gasteiger partial charge in [-0.15, -0.1) is 0 Å². The van der Waals surface area contributed by atoms with Gasteiger partial charge in [0.15, 0.2) is 0 Å². The highest BCUT2D eigenvalue weighted by atomic mass is 32.2. The first-order valence-electron chi connectivity index (χ1n) is 8.28. The summed E-state index contributed by atoms with van der Waals surface area (Å²) >= 11 is 1.59. The highest BCUT2D eigenvalue weighted by molar-refractivity contribution is 7.99. The first kappa shape index (κ1) is 16.0. The van der Waals surface area contributed by atoms with Gasteiger partial charge in [0.2, 0.25) is 5.91 Å². The van der Waals surface area contributed by atoms with Crippen molar-refractivity contribution in [3.63, 3.8) is 0 Å². The summed E-state index contributed by atoms with van der Waals surface area (Å²) in [5.74, 6) is 0.194. The lowest BCUT2D eigenvalue weighted by molar-refractivity contribution is -0.117. The lowest BCUT2D eigenvalue weighted by Crippen LogP contribution is -2.19. The molecule has 1 heterocycles. The number of hydrogen-bond donors (Lipinski definition) is 1. The molecule has 0 atom stereocenters. The number of aryl methyl sites for hydroxylation is 2. The van der Waals surface area contributed by atoms with E-state index in [0.717, 1.165) is 39.4 Å². The molecule has 128 valence electrons. The summed E-state index contributed by atoms with van der Waals surface area (Å²) in [6.45, 7) is 0. The molecular weight excluding hydrogens is 334 g/mol. The van der Waals surface area contributed by atoms with E-state index in [0.29, 0.717) is 0 Å². The Morgan fingerprint density at radius 1 is 1.08 bits per heavy atom. The molecule has 0 aliphatic heterocycles. The van der Waals surface area contributed by atoms with E-state index < -0.39 is 0 Å². The number of hydrogen-bond acceptors (Lipinski definition) is 3. The number of rotatable bonds is 4. The number of carbonyl (C=O) groups is 1. The van der Waals surface area contributed by atoms with E-state index in [1.54, 1.807) is 35.0 Å². The van der Waals surface area contributed by atoms with Crippen LogP contribution in [0.1, 0.15) is 12.8 Å². The van der Waals surface area contributed by atoms with Crippen LogP contribution in [0.5, 0.6) is 0 Å². The van der Waals surface area contributed by atoms with Crippen LogP contribution in [0.15, 0.2) is 57.1 Å². The number of amides is 1. The van der Waals surface area contributed by atoms with Crippen LogP contribution in [0.25, 0.3) is 11.0 Å². The molecule has 1 aromatic heterocycles. The van der Waals surface area contributed by atoms with Gasteiger partial charge < -0.3 is 5.32 Å². The fourth-order valence-electron chi connectivity index (χ4n) is 2.90. The van der Waals surface area contributed by atoms with Gasteiger partial charge >= 0.3 is 5.69 Å². The Morgan fingerprint density at radius 2 is 1.72 bits per heavy atom. The van der Waals surface area contributed by atoms with E-state index in [2.05, 4.69) is 5.32 Å². The van der Waals surface area contributed by atoms with Crippen molar-refractivity contribution in [1.82, 2.24) is 9.13 Å². The lowest BCUT2D eigenvalue weighted by Gasteiger charge is -2.12. The molecular formula is C19H19N3O2S. The van der Waals surface area contributed by atoms with E-state index in [9.17, 15) is 9.59 Å². The summed E-state index contributed by atoms with van der Waals surface area (Å²) in [6, 6.07) is 13.9. The maximum Gasteiger partial charge on any atom is 0.328 e. The highest BCUT2D eigenvalue weighted by Gasteiger charge is 2.30. The van der Waals surface area contributed by atoms with Crippen molar-refractivity contribution in [2.75, 3.05) is 5.32 Å². The standard InChI is InChI=1S/C19H19N3O2S/c1-21-15-10-14(20-18(23)12-8-9-12)17(11-16(15)22(2)19(21)24)25-13-6-4-3-5-7-13/h3-7,10-12H,8-9H2,1-2H3,(H,20,23). The van der Waals surface area contributed by atoms with Crippen molar-refractivity contribution in [2.45, 2.75) is 22.6 Å². The van der Waals surface area contributed by atoms with Crippen molar-refractivity contribution in [3.05, 3.63) is 52.9 Å². The molecule has 1 N–H and O–H groups in total. The van der Waals surface area contributed by atoms with Gasteiger partial charge in [-0.2, -0.15) is 0 Å². The smallest absolute Gasteiger partial charge is 0.325 e. The maximum absolute atomic E-state index is 12.3. The zero-order valence-corrected chi connectivity index (χ0v) is 15.0. The molecule has 1 aliphatic rings. The summed E-state index contributed by atoms with van der Waals surface area (Å²) in [4.78, 5) is 26.5. The quantitative estimate of drug-likeness (QED) is 0.782. The van der Waals surface area contributed by atoms with Crippen molar-refractivity contribution in [1.29, 1.82) is 0 Å². The average molecular weight is 353 g/mol. The summed E-state index contributed by atoms with van der Waals surface area (Å²) in [6.07, 6.45) is 1.91. The Balaban J connectivity index is 1.83. The van der Waals surface area contributed by atoms with Gasteiger partial charge in [-0.25, -0.2) is 4.79 Å². The Kier molecular flexibility index (Phi) is 3.92. The van der Waals surface area contributed by atoms with Crippen LogP contribution in [0.2, 0.25) is 0 Å². The molecule has 6 heteroatoms. The number of fused-ring (bicyclic) bond motifs is 1. The minimum Gasteiger partial charge on any atom is -0.325 e. The van der Waals surface area contributed by atoms with E-state index in [-0.39, 0.29) is 17.5 Å². The number of anilines is 1. The molecule has 0 saturated heterocycles. The number of nitrogens with one attached hydrogen (secondary N) is 1. The van der Waals surface area contributed by atoms with Gasteiger partial charge in [-0.1, -0.05) is 30.0 Å². The van der Waals surface area contributed by atoms with Crippen molar-refractivity contribution in [2.24, 2.45) is 20.0 Å². The molecule has 0 bridgehead atoms.